The third kappa shape index (κ3) is 6.54. The third-order valence-corrected chi connectivity index (χ3v) is 4.83. The minimum absolute atomic E-state index is 0.493. The van der Waals surface area contributed by atoms with Crippen LogP contribution >= 0.6 is 11.8 Å². The Bertz CT molecular complexity index is 661. The minimum Gasteiger partial charge on any atom is -0.493 e. The van der Waals surface area contributed by atoms with E-state index < -0.39 is 0 Å². The number of ether oxygens (including phenoxy) is 2. The second-order valence-corrected chi connectivity index (χ2v) is 7.64. The van der Waals surface area contributed by atoms with Gasteiger partial charge < -0.3 is 14.4 Å². The molecule has 1 aromatic carbocycles. The van der Waals surface area contributed by atoms with Crippen molar-refractivity contribution in [1.82, 2.24) is 4.90 Å². The number of hydrogen-bond acceptors (Lipinski definition) is 4. The summed E-state index contributed by atoms with van der Waals surface area (Å²) < 4.78 is 11.2. The number of carbonyl (C=O) groups excluding carboxylic acids is 1. The van der Waals surface area contributed by atoms with Gasteiger partial charge in [0.05, 0.1) is 13.2 Å². The fourth-order valence-electron chi connectivity index (χ4n) is 2.50. The van der Waals surface area contributed by atoms with E-state index in [1.54, 1.807) is 23.8 Å². The predicted molar refractivity (Wildman–Crippen MR) is 108 cm³/mol. The quantitative estimate of drug-likeness (QED) is 0.322. The number of nitrogens with zero attached hydrogens (tertiary/aromatic N) is 1. The standard InChI is InChI=1S/C21H29NO3S/c1-16(2)11-18(13-22(15-23)9-10-24-3)20-12-19(26-4)7-8-21(20)25-14-17-5-6-17/h7-8,11-13,15,17H,5-6,9-10,14H2,1-4H3/b18-13+. The van der Waals surface area contributed by atoms with E-state index in [9.17, 15) is 4.79 Å². The van der Waals surface area contributed by atoms with E-state index in [1.165, 1.54) is 17.7 Å². The molecule has 0 spiro atoms. The van der Waals surface area contributed by atoms with Gasteiger partial charge >= 0.3 is 0 Å². The Morgan fingerprint density at radius 1 is 1.35 bits per heavy atom. The fourth-order valence-corrected chi connectivity index (χ4v) is 2.94. The number of thioether (sulfide) groups is 1. The fraction of sp³-hybridized carbons (Fsp3) is 0.476. The molecule has 1 aliphatic rings. The lowest BCUT2D eigenvalue weighted by atomic mass is 10.0. The first-order valence-electron chi connectivity index (χ1n) is 8.95. The SMILES string of the molecule is COCCN(C=O)/C=C(\C=C(C)C)c1cc(SC)ccc1OCC1CC1. The van der Waals surface area contributed by atoms with Gasteiger partial charge in [-0.3, -0.25) is 4.79 Å². The number of carbonyl (C=O) groups is 1. The molecule has 0 N–H and O–H groups in total. The second-order valence-electron chi connectivity index (χ2n) is 6.76. The van der Waals surface area contributed by atoms with Crippen LogP contribution in [0.1, 0.15) is 32.3 Å². The van der Waals surface area contributed by atoms with E-state index in [4.69, 9.17) is 9.47 Å². The van der Waals surface area contributed by atoms with Crippen molar-refractivity contribution in [3.8, 4) is 5.75 Å². The largest absolute Gasteiger partial charge is 0.493 e. The van der Waals surface area contributed by atoms with Gasteiger partial charge in [0.15, 0.2) is 0 Å². The van der Waals surface area contributed by atoms with Gasteiger partial charge in [0, 0.05) is 35.9 Å². The highest BCUT2D eigenvalue weighted by Gasteiger charge is 2.22. The Kier molecular flexibility index (Phi) is 8.26. The predicted octanol–water partition coefficient (Wildman–Crippen LogP) is 4.61. The van der Waals surface area contributed by atoms with E-state index in [1.807, 2.05) is 12.3 Å². The summed E-state index contributed by atoms with van der Waals surface area (Å²) in [6.07, 6.45) is 9.37. The molecule has 0 bridgehead atoms. The Morgan fingerprint density at radius 3 is 2.69 bits per heavy atom. The van der Waals surface area contributed by atoms with Crippen molar-refractivity contribution in [3.05, 3.63) is 41.6 Å². The molecule has 1 fully saturated rings. The minimum atomic E-state index is 0.493. The maximum Gasteiger partial charge on any atom is 0.213 e. The monoisotopic (exact) mass is 375 g/mol. The summed E-state index contributed by atoms with van der Waals surface area (Å²) in [5.41, 5.74) is 3.15. The maximum atomic E-state index is 11.5. The van der Waals surface area contributed by atoms with Gasteiger partial charge in [-0.1, -0.05) is 11.6 Å². The van der Waals surface area contributed by atoms with Crippen molar-refractivity contribution in [1.29, 1.82) is 0 Å². The molecule has 142 valence electrons. The maximum absolute atomic E-state index is 11.5. The van der Waals surface area contributed by atoms with Crippen LogP contribution in [0.15, 0.2) is 40.9 Å². The zero-order valence-electron chi connectivity index (χ0n) is 16.2. The molecule has 26 heavy (non-hydrogen) atoms. The van der Waals surface area contributed by atoms with Crippen molar-refractivity contribution in [3.63, 3.8) is 0 Å². The average Bonchev–Trinajstić information content (AvgIpc) is 3.46. The lowest BCUT2D eigenvalue weighted by Gasteiger charge is -2.17. The Labute approximate surface area is 161 Å². The van der Waals surface area contributed by atoms with Gasteiger partial charge in [0.25, 0.3) is 0 Å². The molecular formula is C21H29NO3S. The molecule has 1 saturated carbocycles. The lowest BCUT2D eigenvalue weighted by Crippen LogP contribution is -2.20. The highest BCUT2D eigenvalue weighted by molar-refractivity contribution is 7.98. The molecule has 5 heteroatoms. The second kappa shape index (κ2) is 10.4. The first kappa shape index (κ1) is 20.6. The van der Waals surface area contributed by atoms with E-state index >= 15 is 0 Å². The van der Waals surface area contributed by atoms with Crippen LogP contribution in [-0.2, 0) is 9.53 Å². The number of methoxy groups -OCH3 is 1. The van der Waals surface area contributed by atoms with E-state index in [-0.39, 0.29) is 0 Å². The molecule has 2 rings (SSSR count). The first-order chi connectivity index (χ1) is 12.6. The van der Waals surface area contributed by atoms with Crippen molar-refractivity contribution in [2.75, 3.05) is 33.1 Å². The number of amides is 1. The zero-order valence-corrected chi connectivity index (χ0v) is 17.0. The van der Waals surface area contributed by atoms with E-state index in [0.717, 1.165) is 35.5 Å². The van der Waals surface area contributed by atoms with Crippen LogP contribution in [0, 0.1) is 5.92 Å². The van der Waals surface area contributed by atoms with Crippen molar-refractivity contribution < 1.29 is 14.3 Å². The van der Waals surface area contributed by atoms with Crippen LogP contribution in [0.4, 0.5) is 0 Å². The van der Waals surface area contributed by atoms with E-state index in [0.29, 0.717) is 19.1 Å². The lowest BCUT2D eigenvalue weighted by molar-refractivity contribution is -0.116. The number of rotatable bonds is 11. The number of benzene rings is 1. The molecule has 4 nitrogen and oxygen atoms in total. The van der Waals surface area contributed by atoms with Gasteiger partial charge in [-0.2, -0.15) is 0 Å². The molecule has 1 aliphatic carbocycles. The van der Waals surface area contributed by atoms with Crippen LogP contribution in [-0.4, -0.2) is 44.4 Å². The summed E-state index contributed by atoms with van der Waals surface area (Å²) in [4.78, 5) is 14.3. The zero-order chi connectivity index (χ0) is 18.9. The number of allylic oxidation sites excluding steroid dienone is 3. The van der Waals surface area contributed by atoms with Gasteiger partial charge in [0.2, 0.25) is 6.41 Å². The van der Waals surface area contributed by atoms with Crippen molar-refractivity contribution >= 4 is 23.7 Å². The van der Waals surface area contributed by atoms with Gasteiger partial charge in [-0.15, -0.1) is 11.8 Å². The molecule has 0 unspecified atom stereocenters. The normalized spacial score (nSPS) is 14.1. The molecule has 0 saturated heterocycles. The van der Waals surface area contributed by atoms with Crippen molar-refractivity contribution in [2.24, 2.45) is 5.92 Å². The Hall–Kier alpha value is -1.72. The van der Waals surface area contributed by atoms with Crippen LogP contribution < -0.4 is 4.74 Å². The third-order valence-electron chi connectivity index (χ3n) is 4.11. The van der Waals surface area contributed by atoms with Crippen LogP contribution in [0.2, 0.25) is 0 Å². The summed E-state index contributed by atoms with van der Waals surface area (Å²) in [7, 11) is 1.63. The molecule has 0 heterocycles. The van der Waals surface area contributed by atoms with Crippen LogP contribution in [0.25, 0.3) is 5.57 Å². The van der Waals surface area contributed by atoms with Gasteiger partial charge in [-0.25, -0.2) is 0 Å². The summed E-state index contributed by atoms with van der Waals surface area (Å²) >= 11 is 1.70. The smallest absolute Gasteiger partial charge is 0.213 e. The van der Waals surface area contributed by atoms with Crippen LogP contribution in [0.5, 0.6) is 5.75 Å². The summed E-state index contributed by atoms with van der Waals surface area (Å²) in [6, 6.07) is 6.26. The van der Waals surface area contributed by atoms with Crippen molar-refractivity contribution in [2.45, 2.75) is 31.6 Å². The highest BCUT2D eigenvalue weighted by Crippen LogP contribution is 2.35. The Morgan fingerprint density at radius 2 is 2.12 bits per heavy atom. The molecular weight excluding hydrogens is 346 g/mol. The Balaban J connectivity index is 2.40. The molecule has 0 aromatic heterocycles. The van der Waals surface area contributed by atoms with E-state index in [2.05, 4.69) is 38.3 Å². The molecule has 1 aromatic rings. The summed E-state index contributed by atoms with van der Waals surface area (Å²) in [5, 5.41) is 0. The molecule has 0 atom stereocenters. The number of hydrogen-bond donors (Lipinski definition) is 0. The average molecular weight is 376 g/mol. The molecule has 0 radical (unpaired) electrons. The summed E-state index contributed by atoms with van der Waals surface area (Å²) in [6.45, 7) is 5.87. The molecule has 1 amide bonds. The topological polar surface area (TPSA) is 38.8 Å². The highest BCUT2D eigenvalue weighted by atomic mass is 32.2. The van der Waals surface area contributed by atoms with Crippen LogP contribution in [0.3, 0.4) is 0 Å². The summed E-state index contributed by atoms with van der Waals surface area (Å²) in [5.74, 6) is 1.56. The van der Waals surface area contributed by atoms with Gasteiger partial charge in [-0.05, 0) is 57.1 Å². The van der Waals surface area contributed by atoms with Gasteiger partial charge in [0.1, 0.15) is 5.75 Å². The first-order valence-corrected chi connectivity index (χ1v) is 10.2. The molecule has 0 aliphatic heterocycles.